The third-order valence-corrected chi connectivity index (χ3v) is 4.41. The third-order valence-electron chi connectivity index (χ3n) is 4.41. The number of hydrogen-bond acceptors (Lipinski definition) is 2. The minimum Gasteiger partial charge on any atom is -0.335 e. The molecule has 0 spiro atoms. The number of piperidine rings is 1. The van der Waals surface area contributed by atoms with Crippen LogP contribution in [0.3, 0.4) is 0 Å². The molecule has 1 aliphatic carbocycles. The first-order valence-electron chi connectivity index (χ1n) is 7.07. The van der Waals surface area contributed by atoms with Crippen LogP contribution in [-0.2, 0) is 0 Å². The summed E-state index contributed by atoms with van der Waals surface area (Å²) in [5.74, 6) is 0.924. The number of likely N-dealkylation sites (tertiary alicyclic amines) is 1. The fraction of sp³-hybridized carbons (Fsp3) is 0.600. The van der Waals surface area contributed by atoms with Crippen molar-refractivity contribution in [3.8, 4) is 0 Å². The molecule has 2 heterocycles. The van der Waals surface area contributed by atoms with Crippen molar-refractivity contribution in [3.63, 3.8) is 0 Å². The van der Waals surface area contributed by atoms with E-state index < -0.39 is 0 Å². The predicted octanol–water partition coefficient (Wildman–Crippen LogP) is 2.88. The van der Waals surface area contributed by atoms with Crippen molar-refractivity contribution in [2.24, 2.45) is 5.92 Å². The fourth-order valence-electron chi connectivity index (χ4n) is 3.53. The number of hydrogen-bond donors (Lipinski definition) is 0. The number of nitrogens with zero attached hydrogens (tertiary/aromatic N) is 2. The molecule has 2 unspecified atom stereocenters. The maximum absolute atomic E-state index is 12.5. The zero-order chi connectivity index (χ0) is 12.4. The smallest absolute Gasteiger partial charge is 0.255 e. The summed E-state index contributed by atoms with van der Waals surface area (Å²) >= 11 is 0. The Kier molecular flexibility index (Phi) is 3.31. The molecule has 1 aromatic heterocycles. The SMILES string of the molecule is O=C(c1cccnc1)N1CCCC2CCCCC21. The van der Waals surface area contributed by atoms with Gasteiger partial charge in [-0.2, -0.15) is 0 Å². The van der Waals surface area contributed by atoms with E-state index in [0.717, 1.165) is 24.4 Å². The molecule has 18 heavy (non-hydrogen) atoms. The van der Waals surface area contributed by atoms with Crippen LogP contribution < -0.4 is 0 Å². The molecule has 2 fully saturated rings. The normalized spacial score (nSPS) is 27.7. The van der Waals surface area contributed by atoms with Gasteiger partial charge in [-0.15, -0.1) is 0 Å². The highest BCUT2D eigenvalue weighted by molar-refractivity contribution is 5.94. The van der Waals surface area contributed by atoms with Crippen molar-refractivity contribution in [3.05, 3.63) is 30.1 Å². The maximum atomic E-state index is 12.5. The lowest BCUT2D eigenvalue weighted by Gasteiger charge is -2.44. The highest BCUT2D eigenvalue weighted by atomic mass is 16.2. The lowest BCUT2D eigenvalue weighted by atomic mass is 9.78. The predicted molar refractivity (Wildman–Crippen MR) is 70.3 cm³/mol. The molecule has 1 saturated carbocycles. The zero-order valence-electron chi connectivity index (χ0n) is 10.7. The van der Waals surface area contributed by atoms with Crippen molar-refractivity contribution >= 4 is 5.91 Å². The Bertz CT molecular complexity index is 416. The summed E-state index contributed by atoms with van der Waals surface area (Å²) in [6, 6.07) is 4.21. The third kappa shape index (κ3) is 2.14. The monoisotopic (exact) mass is 244 g/mol. The van der Waals surface area contributed by atoms with Crippen LogP contribution >= 0.6 is 0 Å². The molecule has 0 bridgehead atoms. The first-order chi connectivity index (χ1) is 8.86. The topological polar surface area (TPSA) is 33.2 Å². The molecule has 3 rings (SSSR count). The molecule has 96 valence electrons. The Morgan fingerprint density at radius 1 is 1.22 bits per heavy atom. The Balaban J connectivity index is 1.80. The van der Waals surface area contributed by atoms with Gasteiger partial charge < -0.3 is 4.90 Å². The molecule has 0 N–H and O–H groups in total. The molecule has 0 aromatic carbocycles. The summed E-state index contributed by atoms with van der Waals surface area (Å²) in [6.45, 7) is 0.925. The minimum absolute atomic E-state index is 0.180. The Morgan fingerprint density at radius 2 is 2.06 bits per heavy atom. The molecule has 2 aliphatic rings. The second kappa shape index (κ2) is 5.09. The highest BCUT2D eigenvalue weighted by Gasteiger charge is 2.35. The average Bonchev–Trinajstić information content (AvgIpc) is 2.47. The molecular weight excluding hydrogens is 224 g/mol. The van der Waals surface area contributed by atoms with Gasteiger partial charge in [0.2, 0.25) is 0 Å². The van der Waals surface area contributed by atoms with Crippen LogP contribution in [0.4, 0.5) is 0 Å². The Labute approximate surface area is 108 Å². The fourth-order valence-corrected chi connectivity index (χ4v) is 3.53. The van der Waals surface area contributed by atoms with Crippen LogP contribution in [0, 0.1) is 5.92 Å². The molecule has 2 atom stereocenters. The van der Waals surface area contributed by atoms with Crippen molar-refractivity contribution in [1.29, 1.82) is 0 Å². The van der Waals surface area contributed by atoms with E-state index in [1.165, 1.54) is 32.1 Å². The van der Waals surface area contributed by atoms with Crippen molar-refractivity contribution in [2.45, 2.75) is 44.6 Å². The number of pyridine rings is 1. The number of fused-ring (bicyclic) bond motifs is 1. The van der Waals surface area contributed by atoms with Crippen LogP contribution in [0.15, 0.2) is 24.5 Å². The van der Waals surface area contributed by atoms with E-state index in [2.05, 4.69) is 9.88 Å². The second-order valence-electron chi connectivity index (χ2n) is 5.49. The zero-order valence-corrected chi connectivity index (χ0v) is 10.7. The molecule has 3 heteroatoms. The number of carbonyl (C=O) groups is 1. The van der Waals surface area contributed by atoms with E-state index >= 15 is 0 Å². The van der Waals surface area contributed by atoms with Gasteiger partial charge >= 0.3 is 0 Å². The van der Waals surface area contributed by atoms with Gasteiger partial charge in [-0.1, -0.05) is 12.8 Å². The van der Waals surface area contributed by atoms with Gasteiger partial charge in [0.05, 0.1) is 5.56 Å². The van der Waals surface area contributed by atoms with E-state index in [4.69, 9.17) is 0 Å². The van der Waals surface area contributed by atoms with E-state index in [1.807, 2.05) is 12.1 Å². The van der Waals surface area contributed by atoms with Crippen LogP contribution in [0.2, 0.25) is 0 Å². The van der Waals surface area contributed by atoms with Gasteiger partial charge in [0.15, 0.2) is 0 Å². The average molecular weight is 244 g/mol. The number of rotatable bonds is 1. The van der Waals surface area contributed by atoms with Gasteiger partial charge in [0.1, 0.15) is 0 Å². The van der Waals surface area contributed by atoms with Crippen LogP contribution in [0.5, 0.6) is 0 Å². The first kappa shape index (κ1) is 11.7. The molecular formula is C15H20N2O. The van der Waals surface area contributed by atoms with Gasteiger partial charge in [0, 0.05) is 25.0 Å². The summed E-state index contributed by atoms with van der Waals surface area (Å²) in [5.41, 5.74) is 0.740. The summed E-state index contributed by atoms with van der Waals surface area (Å²) in [4.78, 5) is 18.7. The molecule has 1 aromatic rings. The summed E-state index contributed by atoms with van der Waals surface area (Å²) in [6.07, 6.45) is 11.0. The van der Waals surface area contributed by atoms with E-state index in [0.29, 0.717) is 6.04 Å². The second-order valence-corrected chi connectivity index (χ2v) is 5.49. The molecule has 3 nitrogen and oxygen atoms in total. The quantitative estimate of drug-likeness (QED) is 0.761. The lowest BCUT2D eigenvalue weighted by molar-refractivity contribution is 0.0390. The van der Waals surface area contributed by atoms with Crippen molar-refractivity contribution < 1.29 is 4.79 Å². The van der Waals surface area contributed by atoms with Gasteiger partial charge in [-0.05, 0) is 43.7 Å². The number of amides is 1. The minimum atomic E-state index is 0.180. The number of carbonyl (C=O) groups excluding carboxylic acids is 1. The first-order valence-corrected chi connectivity index (χ1v) is 7.07. The van der Waals surface area contributed by atoms with E-state index in [9.17, 15) is 4.79 Å². The lowest BCUT2D eigenvalue weighted by Crippen LogP contribution is -2.49. The highest BCUT2D eigenvalue weighted by Crippen LogP contribution is 2.35. The maximum Gasteiger partial charge on any atom is 0.255 e. The van der Waals surface area contributed by atoms with E-state index in [-0.39, 0.29) is 5.91 Å². The van der Waals surface area contributed by atoms with Gasteiger partial charge in [0.25, 0.3) is 5.91 Å². The van der Waals surface area contributed by atoms with Gasteiger partial charge in [-0.25, -0.2) is 0 Å². The van der Waals surface area contributed by atoms with Crippen molar-refractivity contribution in [1.82, 2.24) is 9.88 Å². The molecule has 1 aliphatic heterocycles. The Morgan fingerprint density at radius 3 is 2.89 bits per heavy atom. The molecule has 1 amide bonds. The van der Waals surface area contributed by atoms with Crippen LogP contribution in [0.1, 0.15) is 48.9 Å². The number of aromatic nitrogens is 1. The van der Waals surface area contributed by atoms with Gasteiger partial charge in [-0.3, -0.25) is 9.78 Å². The Hall–Kier alpha value is -1.38. The summed E-state index contributed by atoms with van der Waals surface area (Å²) < 4.78 is 0. The van der Waals surface area contributed by atoms with Crippen LogP contribution in [0.25, 0.3) is 0 Å². The molecule has 1 saturated heterocycles. The molecule has 0 radical (unpaired) electrons. The van der Waals surface area contributed by atoms with E-state index in [1.54, 1.807) is 12.4 Å². The summed E-state index contributed by atoms with van der Waals surface area (Å²) in [5, 5.41) is 0. The summed E-state index contributed by atoms with van der Waals surface area (Å²) in [7, 11) is 0. The van der Waals surface area contributed by atoms with Crippen molar-refractivity contribution in [2.75, 3.05) is 6.54 Å². The largest absolute Gasteiger partial charge is 0.335 e. The standard InChI is InChI=1S/C15H20N2O/c18-15(13-6-3-9-16-11-13)17-10-4-7-12-5-1-2-8-14(12)17/h3,6,9,11-12,14H,1-2,4-5,7-8,10H2. The van der Waals surface area contributed by atoms with Crippen LogP contribution in [-0.4, -0.2) is 28.4 Å².